The molecule has 0 spiro atoms. The molecule has 0 radical (unpaired) electrons. The first-order valence-corrected chi connectivity index (χ1v) is 11.5. The molecule has 0 fully saturated rings. The fourth-order valence-electron chi connectivity index (χ4n) is 3.92. The van der Waals surface area contributed by atoms with E-state index in [1.54, 1.807) is 0 Å². The molecule has 0 aliphatic carbocycles. The molecule has 1 aliphatic heterocycles. The summed E-state index contributed by atoms with van der Waals surface area (Å²) >= 11 is 7.79. The molecule has 6 heteroatoms. The van der Waals surface area contributed by atoms with Crippen molar-refractivity contribution >= 4 is 22.9 Å². The van der Waals surface area contributed by atoms with Gasteiger partial charge in [0, 0.05) is 46.4 Å². The van der Waals surface area contributed by atoms with E-state index in [1.807, 2.05) is 35.6 Å². The van der Waals surface area contributed by atoms with Crippen LogP contribution >= 0.6 is 22.9 Å². The Kier molecular flexibility index (Phi) is 5.48. The molecule has 4 nitrogen and oxygen atoms in total. The molecule has 5 rings (SSSR count). The number of aryl methyl sites for hydroxylation is 1. The third kappa shape index (κ3) is 4.35. The zero-order chi connectivity index (χ0) is 21.4. The van der Waals surface area contributed by atoms with Gasteiger partial charge in [-0.05, 0) is 48.9 Å². The van der Waals surface area contributed by atoms with Crippen LogP contribution in [0.3, 0.4) is 0 Å². The van der Waals surface area contributed by atoms with Crippen molar-refractivity contribution in [1.29, 1.82) is 0 Å². The van der Waals surface area contributed by atoms with E-state index in [0.717, 1.165) is 36.3 Å². The summed E-state index contributed by atoms with van der Waals surface area (Å²) in [4.78, 5) is 25.4. The standard InChI is InChI=1S/C25H22ClN3OS/c1-16-2-4-17(5-3-16)23-11-10-20(31-23)14-29-13-12-22-21(15-29)25(30)28-24(27-22)18-6-8-19(26)9-7-18/h2-11H,12-15H2,1H3,(H,27,28,30). The van der Waals surface area contributed by atoms with Crippen LogP contribution in [0.5, 0.6) is 0 Å². The molecule has 1 N–H and O–H groups in total. The molecule has 0 atom stereocenters. The Morgan fingerprint density at radius 2 is 1.77 bits per heavy atom. The number of nitrogens with zero attached hydrogens (tertiary/aromatic N) is 2. The molecule has 0 amide bonds. The number of rotatable bonds is 4. The summed E-state index contributed by atoms with van der Waals surface area (Å²) in [6.45, 7) is 4.46. The number of H-pyrrole nitrogens is 1. The molecule has 0 unspecified atom stereocenters. The maximum atomic E-state index is 12.8. The average Bonchev–Trinajstić information content (AvgIpc) is 3.23. The van der Waals surface area contributed by atoms with Gasteiger partial charge in [0.05, 0.1) is 11.3 Å². The molecule has 31 heavy (non-hydrogen) atoms. The van der Waals surface area contributed by atoms with Crippen molar-refractivity contribution in [3.05, 3.63) is 97.7 Å². The third-order valence-corrected chi connectivity index (χ3v) is 7.01. The first-order chi connectivity index (χ1) is 15.0. The minimum absolute atomic E-state index is 0.0498. The first kappa shape index (κ1) is 20.2. The Labute approximate surface area is 190 Å². The lowest BCUT2D eigenvalue weighted by Gasteiger charge is -2.27. The summed E-state index contributed by atoms with van der Waals surface area (Å²) in [5.41, 5.74) is 5.02. The molecule has 156 valence electrons. The van der Waals surface area contributed by atoms with Crippen molar-refractivity contribution in [1.82, 2.24) is 14.9 Å². The number of fused-ring (bicyclic) bond motifs is 1. The number of halogens is 1. The Balaban J connectivity index is 1.32. The van der Waals surface area contributed by atoms with Gasteiger partial charge in [-0.1, -0.05) is 41.4 Å². The normalized spacial score (nSPS) is 13.9. The topological polar surface area (TPSA) is 49.0 Å². The van der Waals surface area contributed by atoms with Gasteiger partial charge in [0.15, 0.2) is 0 Å². The van der Waals surface area contributed by atoms with Crippen LogP contribution in [0.15, 0.2) is 65.5 Å². The van der Waals surface area contributed by atoms with Crippen LogP contribution in [0.1, 0.15) is 21.7 Å². The van der Waals surface area contributed by atoms with Crippen LogP contribution in [0.25, 0.3) is 21.8 Å². The van der Waals surface area contributed by atoms with E-state index >= 15 is 0 Å². The summed E-state index contributed by atoms with van der Waals surface area (Å²) in [5, 5.41) is 0.666. The van der Waals surface area contributed by atoms with Crippen molar-refractivity contribution in [2.45, 2.75) is 26.4 Å². The quantitative estimate of drug-likeness (QED) is 0.437. The van der Waals surface area contributed by atoms with Crippen LogP contribution in [0.4, 0.5) is 0 Å². The van der Waals surface area contributed by atoms with Gasteiger partial charge in [0.25, 0.3) is 5.56 Å². The van der Waals surface area contributed by atoms with Gasteiger partial charge >= 0.3 is 0 Å². The molecule has 0 bridgehead atoms. The number of thiophene rings is 1. The number of aromatic amines is 1. The van der Waals surface area contributed by atoms with E-state index < -0.39 is 0 Å². The van der Waals surface area contributed by atoms with Gasteiger partial charge < -0.3 is 4.98 Å². The number of nitrogens with one attached hydrogen (secondary N) is 1. The zero-order valence-corrected chi connectivity index (χ0v) is 18.8. The Morgan fingerprint density at radius 3 is 2.55 bits per heavy atom. The number of aromatic nitrogens is 2. The maximum Gasteiger partial charge on any atom is 0.255 e. The van der Waals surface area contributed by atoms with Crippen molar-refractivity contribution in [3.8, 4) is 21.8 Å². The second-order valence-corrected chi connectivity index (χ2v) is 9.54. The molecular formula is C25H22ClN3OS. The Bertz CT molecular complexity index is 1280. The maximum absolute atomic E-state index is 12.8. The van der Waals surface area contributed by atoms with Crippen molar-refractivity contribution in [2.75, 3.05) is 6.54 Å². The van der Waals surface area contributed by atoms with Gasteiger partial charge in [0.1, 0.15) is 5.82 Å². The fraction of sp³-hybridized carbons (Fsp3) is 0.200. The summed E-state index contributed by atoms with van der Waals surface area (Å²) in [7, 11) is 0. The minimum atomic E-state index is -0.0498. The summed E-state index contributed by atoms with van der Waals surface area (Å²) in [6, 6.07) is 20.4. The van der Waals surface area contributed by atoms with Crippen LogP contribution in [-0.2, 0) is 19.5 Å². The molecular weight excluding hydrogens is 426 g/mol. The summed E-state index contributed by atoms with van der Waals surface area (Å²) in [5.74, 6) is 0.606. The van der Waals surface area contributed by atoms with E-state index in [-0.39, 0.29) is 5.56 Å². The van der Waals surface area contributed by atoms with Crippen LogP contribution < -0.4 is 5.56 Å². The molecule has 1 aliphatic rings. The lowest BCUT2D eigenvalue weighted by molar-refractivity contribution is 0.244. The number of hydrogen-bond donors (Lipinski definition) is 1. The van der Waals surface area contributed by atoms with Gasteiger partial charge in [-0.3, -0.25) is 9.69 Å². The van der Waals surface area contributed by atoms with E-state index in [9.17, 15) is 4.79 Å². The van der Waals surface area contributed by atoms with Crippen LogP contribution in [-0.4, -0.2) is 21.4 Å². The van der Waals surface area contributed by atoms with E-state index in [1.165, 1.54) is 20.9 Å². The van der Waals surface area contributed by atoms with Gasteiger partial charge in [0.2, 0.25) is 0 Å². The van der Waals surface area contributed by atoms with E-state index in [2.05, 4.69) is 53.2 Å². The third-order valence-electron chi connectivity index (χ3n) is 5.64. The SMILES string of the molecule is Cc1ccc(-c2ccc(CN3CCc4nc(-c5ccc(Cl)cc5)[nH]c(=O)c4C3)s2)cc1. The predicted octanol–water partition coefficient (Wildman–Crippen LogP) is 5.69. The molecule has 2 aromatic heterocycles. The predicted molar refractivity (Wildman–Crippen MR) is 128 cm³/mol. The zero-order valence-electron chi connectivity index (χ0n) is 17.2. The highest BCUT2D eigenvalue weighted by molar-refractivity contribution is 7.15. The lowest BCUT2D eigenvalue weighted by Crippen LogP contribution is -2.35. The molecule has 0 saturated heterocycles. The number of hydrogen-bond acceptors (Lipinski definition) is 4. The molecule has 3 heterocycles. The number of benzene rings is 2. The second kappa shape index (κ2) is 8.42. The summed E-state index contributed by atoms with van der Waals surface area (Å²) in [6.07, 6.45) is 0.774. The second-order valence-electron chi connectivity index (χ2n) is 7.94. The first-order valence-electron chi connectivity index (χ1n) is 10.3. The van der Waals surface area contributed by atoms with E-state index in [4.69, 9.17) is 16.6 Å². The lowest BCUT2D eigenvalue weighted by atomic mass is 10.1. The Hall–Kier alpha value is -2.73. The average molecular weight is 448 g/mol. The van der Waals surface area contributed by atoms with Crippen LogP contribution in [0.2, 0.25) is 5.02 Å². The molecule has 0 saturated carbocycles. The van der Waals surface area contributed by atoms with Crippen molar-refractivity contribution in [3.63, 3.8) is 0 Å². The monoisotopic (exact) mass is 447 g/mol. The summed E-state index contributed by atoms with van der Waals surface area (Å²) < 4.78 is 0. The highest BCUT2D eigenvalue weighted by Gasteiger charge is 2.22. The Morgan fingerprint density at radius 1 is 1.03 bits per heavy atom. The van der Waals surface area contributed by atoms with Crippen molar-refractivity contribution < 1.29 is 0 Å². The van der Waals surface area contributed by atoms with Crippen molar-refractivity contribution in [2.24, 2.45) is 0 Å². The van der Waals surface area contributed by atoms with Gasteiger partial charge in [-0.2, -0.15) is 0 Å². The van der Waals surface area contributed by atoms with E-state index in [0.29, 0.717) is 17.4 Å². The largest absolute Gasteiger partial charge is 0.306 e. The highest BCUT2D eigenvalue weighted by atomic mass is 35.5. The highest BCUT2D eigenvalue weighted by Crippen LogP contribution is 2.30. The minimum Gasteiger partial charge on any atom is -0.306 e. The molecule has 4 aromatic rings. The van der Waals surface area contributed by atoms with Gasteiger partial charge in [-0.15, -0.1) is 11.3 Å². The fourth-order valence-corrected chi connectivity index (χ4v) is 5.10. The smallest absolute Gasteiger partial charge is 0.255 e. The van der Waals surface area contributed by atoms with Gasteiger partial charge in [-0.25, -0.2) is 4.98 Å². The van der Waals surface area contributed by atoms with Crippen LogP contribution in [0, 0.1) is 6.92 Å². The molecule has 2 aromatic carbocycles.